The van der Waals surface area contributed by atoms with Gasteiger partial charge in [-0.3, -0.25) is 9.48 Å². The van der Waals surface area contributed by atoms with E-state index >= 15 is 0 Å². The minimum absolute atomic E-state index is 0.126. The van der Waals surface area contributed by atoms with E-state index in [9.17, 15) is 4.79 Å². The Morgan fingerprint density at radius 2 is 1.81 bits per heavy atom. The van der Waals surface area contributed by atoms with Crippen molar-refractivity contribution in [2.24, 2.45) is 5.92 Å². The molecule has 0 saturated heterocycles. The number of hydrogen-bond acceptors (Lipinski definition) is 2. The predicted molar refractivity (Wildman–Crippen MR) is 107 cm³/mol. The molecule has 0 saturated carbocycles. The lowest BCUT2D eigenvalue weighted by Gasteiger charge is -2.14. The minimum atomic E-state index is 0.126. The van der Waals surface area contributed by atoms with Gasteiger partial charge in [-0.15, -0.1) is 0 Å². The number of nitrogens with one attached hydrogen (secondary N) is 1. The highest BCUT2D eigenvalue weighted by Crippen LogP contribution is 2.16. The molecule has 0 aliphatic rings. The van der Waals surface area contributed by atoms with E-state index in [2.05, 4.69) is 67.1 Å². The molecule has 1 atom stereocenters. The zero-order chi connectivity index (χ0) is 19.1. The highest BCUT2D eigenvalue weighted by atomic mass is 16.1. The minimum Gasteiger partial charge on any atom is -0.354 e. The summed E-state index contributed by atoms with van der Waals surface area (Å²) in [5.74, 6) is 0.690. The predicted octanol–water partition coefficient (Wildman–Crippen LogP) is 4.23. The van der Waals surface area contributed by atoms with Crippen molar-refractivity contribution in [2.45, 2.75) is 72.9 Å². The summed E-state index contributed by atoms with van der Waals surface area (Å²) in [5, 5.41) is 7.77. The zero-order valence-electron chi connectivity index (χ0n) is 16.9. The molecule has 1 unspecified atom stereocenters. The fourth-order valence-electron chi connectivity index (χ4n) is 3.30. The molecular formula is C22H33N3O. The van der Waals surface area contributed by atoms with Gasteiger partial charge >= 0.3 is 0 Å². The average Bonchev–Trinajstić information content (AvgIpc) is 2.85. The second-order valence-corrected chi connectivity index (χ2v) is 7.72. The highest BCUT2D eigenvalue weighted by molar-refractivity contribution is 5.76. The fourth-order valence-corrected chi connectivity index (χ4v) is 3.30. The quantitative estimate of drug-likeness (QED) is 0.732. The molecule has 142 valence electrons. The van der Waals surface area contributed by atoms with Gasteiger partial charge in [0.15, 0.2) is 0 Å². The van der Waals surface area contributed by atoms with Crippen LogP contribution in [0.1, 0.15) is 56.1 Å². The molecule has 1 aromatic carbocycles. The van der Waals surface area contributed by atoms with Crippen LogP contribution in [-0.2, 0) is 24.2 Å². The zero-order valence-corrected chi connectivity index (χ0v) is 16.9. The SMILES string of the molecule is Cc1nn(CC(C)C)c(C)c1CCC(=O)NC(C)CCc1ccccc1. The molecule has 4 nitrogen and oxygen atoms in total. The lowest BCUT2D eigenvalue weighted by atomic mass is 10.1. The summed E-state index contributed by atoms with van der Waals surface area (Å²) in [6, 6.07) is 10.6. The number of benzene rings is 1. The van der Waals surface area contributed by atoms with E-state index in [1.807, 2.05) is 13.0 Å². The monoisotopic (exact) mass is 355 g/mol. The van der Waals surface area contributed by atoms with Gasteiger partial charge in [-0.05, 0) is 57.1 Å². The summed E-state index contributed by atoms with van der Waals surface area (Å²) in [6.45, 7) is 11.5. The molecule has 1 aromatic heterocycles. The van der Waals surface area contributed by atoms with E-state index in [1.165, 1.54) is 16.8 Å². The maximum absolute atomic E-state index is 12.3. The van der Waals surface area contributed by atoms with Crippen molar-refractivity contribution in [3.05, 3.63) is 52.8 Å². The van der Waals surface area contributed by atoms with Crippen LogP contribution in [-0.4, -0.2) is 21.7 Å². The summed E-state index contributed by atoms with van der Waals surface area (Å²) in [6.07, 6.45) is 3.22. The second-order valence-electron chi connectivity index (χ2n) is 7.72. The van der Waals surface area contributed by atoms with Gasteiger partial charge < -0.3 is 5.32 Å². The highest BCUT2D eigenvalue weighted by Gasteiger charge is 2.14. The van der Waals surface area contributed by atoms with Gasteiger partial charge in [0.2, 0.25) is 5.91 Å². The van der Waals surface area contributed by atoms with Crippen molar-refractivity contribution < 1.29 is 4.79 Å². The van der Waals surface area contributed by atoms with Crippen LogP contribution in [0.3, 0.4) is 0 Å². The number of rotatable bonds is 9. The molecule has 4 heteroatoms. The fraction of sp³-hybridized carbons (Fsp3) is 0.545. The molecule has 2 rings (SSSR count). The first kappa shape index (κ1) is 20.2. The summed E-state index contributed by atoms with van der Waals surface area (Å²) in [4.78, 5) is 12.3. The Morgan fingerprint density at radius 3 is 2.46 bits per heavy atom. The average molecular weight is 356 g/mol. The number of carbonyl (C=O) groups is 1. The van der Waals surface area contributed by atoms with E-state index < -0.39 is 0 Å². The van der Waals surface area contributed by atoms with E-state index in [4.69, 9.17) is 0 Å². The molecule has 1 N–H and O–H groups in total. The smallest absolute Gasteiger partial charge is 0.220 e. The van der Waals surface area contributed by atoms with Crippen molar-refractivity contribution in [2.75, 3.05) is 0 Å². The number of nitrogens with zero attached hydrogens (tertiary/aromatic N) is 2. The molecule has 0 radical (unpaired) electrons. The normalized spacial score (nSPS) is 12.4. The maximum Gasteiger partial charge on any atom is 0.220 e. The summed E-state index contributed by atoms with van der Waals surface area (Å²) in [5.41, 5.74) is 4.78. The van der Waals surface area contributed by atoms with E-state index in [-0.39, 0.29) is 11.9 Å². The van der Waals surface area contributed by atoms with Gasteiger partial charge in [0.25, 0.3) is 0 Å². The van der Waals surface area contributed by atoms with Gasteiger partial charge in [0.05, 0.1) is 5.69 Å². The first-order valence-corrected chi connectivity index (χ1v) is 9.73. The lowest BCUT2D eigenvalue weighted by Crippen LogP contribution is -2.33. The van der Waals surface area contributed by atoms with Crippen molar-refractivity contribution in [1.82, 2.24) is 15.1 Å². The van der Waals surface area contributed by atoms with Gasteiger partial charge in [-0.1, -0.05) is 44.2 Å². The first-order valence-electron chi connectivity index (χ1n) is 9.73. The Kier molecular flexibility index (Phi) is 7.43. The molecule has 0 fully saturated rings. The lowest BCUT2D eigenvalue weighted by molar-refractivity contribution is -0.121. The largest absolute Gasteiger partial charge is 0.354 e. The van der Waals surface area contributed by atoms with E-state index in [1.54, 1.807) is 0 Å². The Labute approximate surface area is 158 Å². The van der Waals surface area contributed by atoms with Crippen molar-refractivity contribution in [1.29, 1.82) is 0 Å². The maximum atomic E-state index is 12.3. The van der Waals surface area contributed by atoms with Crippen LogP contribution in [0.2, 0.25) is 0 Å². The molecule has 0 bridgehead atoms. The van der Waals surface area contributed by atoms with Gasteiger partial charge in [0.1, 0.15) is 0 Å². The van der Waals surface area contributed by atoms with Crippen molar-refractivity contribution in [3.8, 4) is 0 Å². The third kappa shape index (κ3) is 6.01. The van der Waals surface area contributed by atoms with Crippen LogP contribution in [0.5, 0.6) is 0 Å². The third-order valence-corrected chi connectivity index (χ3v) is 4.79. The number of amides is 1. The Bertz CT molecular complexity index is 704. The molecule has 0 aliphatic heterocycles. The van der Waals surface area contributed by atoms with Crippen molar-refractivity contribution in [3.63, 3.8) is 0 Å². The first-order chi connectivity index (χ1) is 12.4. The van der Waals surface area contributed by atoms with Crippen LogP contribution in [0.15, 0.2) is 30.3 Å². The molecule has 2 aromatic rings. The van der Waals surface area contributed by atoms with Gasteiger partial charge in [-0.25, -0.2) is 0 Å². The van der Waals surface area contributed by atoms with Crippen LogP contribution >= 0.6 is 0 Å². The van der Waals surface area contributed by atoms with Crippen LogP contribution < -0.4 is 5.32 Å². The van der Waals surface area contributed by atoms with Crippen LogP contribution in [0.4, 0.5) is 0 Å². The Balaban J connectivity index is 1.80. The molecule has 0 spiro atoms. The number of hydrogen-bond donors (Lipinski definition) is 1. The molecule has 1 amide bonds. The van der Waals surface area contributed by atoms with Crippen molar-refractivity contribution >= 4 is 5.91 Å². The van der Waals surface area contributed by atoms with Gasteiger partial charge in [0, 0.05) is 24.7 Å². The van der Waals surface area contributed by atoms with Crippen LogP contribution in [0, 0.1) is 19.8 Å². The summed E-state index contributed by atoms with van der Waals surface area (Å²) >= 11 is 0. The standard InChI is InChI=1S/C22H33N3O/c1-16(2)15-25-19(5)21(18(4)24-25)13-14-22(26)23-17(3)11-12-20-9-7-6-8-10-20/h6-10,16-17H,11-15H2,1-5H3,(H,23,26). The Hall–Kier alpha value is -2.10. The molecule has 26 heavy (non-hydrogen) atoms. The number of aromatic nitrogens is 2. The van der Waals surface area contributed by atoms with E-state index in [0.717, 1.165) is 31.5 Å². The van der Waals surface area contributed by atoms with E-state index in [0.29, 0.717) is 12.3 Å². The van der Waals surface area contributed by atoms with Crippen LogP contribution in [0.25, 0.3) is 0 Å². The summed E-state index contributed by atoms with van der Waals surface area (Å²) < 4.78 is 2.08. The third-order valence-electron chi connectivity index (χ3n) is 4.79. The Morgan fingerprint density at radius 1 is 1.12 bits per heavy atom. The molecule has 0 aliphatic carbocycles. The number of aryl methyl sites for hydroxylation is 2. The molecular weight excluding hydrogens is 322 g/mol. The second kappa shape index (κ2) is 9.56. The molecule has 1 heterocycles. The topological polar surface area (TPSA) is 46.9 Å². The summed E-state index contributed by atoms with van der Waals surface area (Å²) in [7, 11) is 0. The van der Waals surface area contributed by atoms with Gasteiger partial charge in [-0.2, -0.15) is 5.10 Å². The number of carbonyl (C=O) groups excluding carboxylic acids is 1.